The van der Waals surface area contributed by atoms with Crippen LogP contribution in [-0.4, -0.2) is 39.0 Å². The molecule has 0 atom stereocenters. The molecule has 1 heterocycles. The van der Waals surface area contributed by atoms with Crippen molar-refractivity contribution in [3.05, 3.63) is 54.0 Å². The van der Waals surface area contributed by atoms with E-state index in [1.54, 1.807) is 43.5 Å². The molecule has 0 aliphatic rings. The molecule has 1 amide bonds. The van der Waals surface area contributed by atoms with Crippen molar-refractivity contribution in [2.45, 2.75) is 6.54 Å². The van der Waals surface area contributed by atoms with Crippen molar-refractivity contribution < 1.29 is 22.4 Å². The van der Waals surface area contributed by atoms with Gasteiger partial charge in [0.1, 0.15) is 17.3 Å². The van der Waals surface area contributed by atoms with Crippen molar-refractivity contribution in [3.8, 4) is 5.75 Å². The van der Waals surface area contributed by atoms with E-state index in [2.05, 4.69) is 5.32 Å². The molecule has 0 radical (unpaired) electrons. The highest BCUT2D eigenvalue weighted by molar-refractivity contribution is 7.88. The molecule has 0 aliphatic heterocycles. The molecule has 134 valence electrons. The van der Waals surface area contributed by atoms with Gasteiger partial charge < -0.3 is 14.5 Å². The van der Waals surface area contributed by atoms with E-state index in [0.29, 0.717) is 23.0 Å². The monoisotopic (exact) mass is 364 g/mol. The third-order valence-corrected chi connectivity index (χ3v) is 4.62. The number of carbonyl (C=O) groups excluding carboxylic acids is 1. The normalized spacial score (nSPS) is 11.8. The molecular weight excluding hydrogens is 344 g/mol. The smallest absolute Gasteiger partial charge is 0.248 e. The number of nitrogens with one attached hydrogen (secondary N) is 1. The van der Waals surface area contributed by atoms with Gasteiger partial charge in [0.25, 0.3) is 0 Å². The van der Waals surface area contributed by atoms with Gasteiger partial charge in [-0.05, 0) is 30.3 Å². The maximum absolute atomic E-state index is 11.9. The topological polar surface area (TPSA) is 88.9 Å². The molecule has 2 aromatic rings. The SMILES string of the molecule is COc1cccc(NC(=O)/C=C/c2ccc(CN(C)S(C)(=O)=O)o2)c1. The van der Waals surface area contributed by atoms with Gasteiger partial charge in [-0.1, -0.05) is 6.07 Å². The summed E-state index contributed by atoms with van der Waals surface area (Å²) < 4.78 is 34.5. The van der Waals surface area contributed by atoms with Crippen molar-refractivity contribution in [1.29, 1.82) is 0 Å². The lowest BCUT2D eigenvalue weighted by Gasteiger charge is -2.11. The van der Waals surface area contributed by atoms with Crippen LogP contribution in [0.3, 0.4) is 0 Å². The Morgan fingerprint density at radius 3 is 2.76 bits per heavy atom. The number of amides is 1. The molecule has 8 heteroatoms. The van der Waals surface area contributed by atoms with Gasteiger partial charge in [0.2, 0.25) is 15.9 Å². The van der Waals surface area contributed by atoms with Gasteiger partial charge in [-0.2, -0.15) is 4.31 Å². The van der Waals surface area contributed by atoms with E-state index in [9.17, 15) is 13.2 Å². The summed E-state index contributed by atoms with van der Waals surface area (Å²) in [6, 6.07) is 10.3. The summed E-state index contributed by atoms with van der Waals surface area (Å²) in [5.74, 6) is 1.27. The Labute approximate surface area is 146 Å². The van der Waals surface area contributed by atoms with Crippen molar-refractivity contribution >= 4 is 27.7 Å². The lowest BCUT2D eigenvalue weighted by Crippen LogP contribution is -2.24. The Morgan fingerprint density at radius 1 is 1.32 bits per heavy atom. The summed E-state index contributed by atoms with van der Waals surface area (Å²) >= 11 is 0. The van der Waals surface area contributed by atoms with Crippen molar-refractivity contribution in [2.24, 2.45) is 0 Å². The number of hydrogen-bond acceptors (Lipinski definition) is 5. The number of rotatable bonds is 7. The van der Waals surface area contributed by atoms with Crippen LogP contribution in [0.5, 0.6) is 5.75 Å². The number of carbonyl (C=O) groups is 1. The number of sulfonamides is 1. The molecule has 0 unspecified atom stereocenters. The average molecular weight is 364 g/mol. The second-order valence-corrected chi connectivity index (χ2v) is 7.47. The quantitative estimate of drug-likeness (QED) is 0.762. The molecular formula is C17H20N2O5S. The highest BCUT2D eigenvalue weighted by Gasteiger charge is 2.13. The van der Waals surface area contributed by atoms with Crippen LogP contribution in [0, 0.1) is 0 Å². The first-order chi connectivity index (χ1) is 11.8. The molecule has 0 saturated carbocycles. The van der Waals surface area contributed by atoms with E-state index in [0.717, 1.165) is 6.26 Å². The van der Waals surface area contributed by atoms with Crippen molar-refractivity contribution in [1.82, 2.24) is 4.31 Å². The highest BCUT2D eigenvalue weighted by atomic mass is 32.2. The Kier molecular flexibility index (Phi) is 6.00. The van der Waals surface area contributed by atoms with Crippen LogP contribution in [0.2, 0.25) is 0 Å². The average Bonchev–Trinajstić information content (AvgIpc) is 3.00. The lowest BCUT2D eigenvalue weighted by molar-refractivity contribution is -0.111. The third-order valence-electron chi connectivity index (χ3n) is 3.36. The Balaban J connectivity index is 1.96. The largest absolute Gasteiger partial charge is 0.497 e. The molecule has 7 nitrogen and oxygen atoms in total. The fourth-order valence-corrected chi connectivity index (χ4v) is 2.31. The van der Waals surface area contributed by atoms with Crippen LogP contribution in [0.1, 0.15) is 11.5 Å². The van der Waals surface area contributed by atoms with Crippen LogP contribution in [-0.2, 0) is 21.4 Å². The van der Waals surface area contributed by atoms with Gasteiger partial charge in [0.15, 0.2) is 0 Å². The highest BCUT2D eigenvalue weighted by Crippen LogP contribution is 2.17. The first kappa shape index (κ1) is 18.8. The van der Waals surface area contributed by atoms with Gasteiger partial charge in [-0.15, -0.1) is 0 Å². The van der Waals surface area contributed by atoms with Crippen LogP contribution >= 0.6 is 0 Å². The first-order valence-electron chi connectivity index (χ1n) is 7.41. The van der Waals surface area contributed by atoms with Crippen LogP contribution < -0.4 is 10.1 Å². The van der Waals surface area contributed by atoms with Crippen LogP contribution in [0.4, 0.5) is 5.69 Å². The maximum Gasteiger partial charge on any atom is 0.248 e. The number of furan rings is 1. The van der Waals surface area contributed by atoms with E-state index >= 15 is 0 Å². The maximum atomic E-state index is 11.9. The summed E-state index contributed by atoms with van der Waals surface area (Å²) in [5.41, 5.74) is 0.615. The zero-order chi connectivity index (χ0) is 18.4. The summed E-state index contributed by atoms with van der Waals surface area (Å²) in [4.78, 5) is 11.9. The van der Waals surface area contributed by atoms with Crippen molar-refractivity contribution in [2.75, 3.05) is 25.7 Å². The number of nitrogens with zero attached hydrogens (tertiary/aromatic N) is 1. The molecule has 0 bridgehead atoms. The fourth-order valence-electron chi connectivity index (χ4n) is 1.95. The minimum atomic E-state index is -3.28. The molecule has 0 spiro atoms. The van der Waals surface area contributed by atoms with E-state index in [-0.39, 0.29) is 12.5 Å². The van der Waals surface area contributed by atoms with Gasteiger partial charge in [-0.3, -0.25) is 4.79 Å². The zero-order valence-electron chi connectivity index (χ0n) is 14.2. The molecule has 1 aromatic carbocycles. The van der Waals surface area contributed by atoms with E-state index < -0.39 is 10.0 Å². The third kappa shape index (κ3) is 5.77. The number of anilines is 1. The Morgan fingerprint density at radius 2 is 2.08 bits per heavy atom. The lowest BCUT2D eigenvalue weighted by atomic mass is 10.3. The van der Waals surface area contributed by atoms with Gasteiger partial charge in [-0.25, -0.2) is 8.42 Å². The zero-order valence-corrected chi connectivity index (χ0v) is 15.0. The predicted molar refractivity (Wildman–Crippen MR) is 95.7 cm³/mol. The second kappa shape index (κ2) is 8.00. The fraction of sp³-hybridized carbons (Fsp3) is 0.235. The van der Waals surface area contributed by atoms with E-state index in [4.69, 9.17) is 9.15 Å². The van der Waals surface area contributed by atoms with E-state index in [1.165, 1.54) is 23.5 Å². The minimum Gasteiger partial charge on any atom is -0.497 e. The van der Waals surface area contributed by atoms with Crippen LogP contribution in [0.15, 0.2) is 46.9 Å². The molecule has 2 rings (SSSR count). The Bertz CT molecular complexity index is 871. The number of ether oxygens (including phenoxy) is 1. The molecule has 0 fully saturated rings. The van der Waals surface area contributed by atoms with Crippen molar-refractivity contribution in [3.63, 3.8) is 0 Å². The van der Waals surface area contributed by atoms with E-state index in [1.807, 2.05) is 0 Å². The summed E-state index contributed by atoms with van der Waals surface area (Å²) in [5, 5.41) is 2.71. The Hall–Kier alpha value is -2.58. The molecule has 1 aromatic heterocycles. The second-order valence-electron chi connectivity index (χ2n) is 5.38. The number of benzene rings is 1. The summed E-state index contributed by atoms with van der Waals surface area (Å²) in [7, 11) is -0.258. The molecule has 0 saturated heterocycles. The van der Waals surface area contributed by atoms with Gasteiger partial charge in [0, 0.05) is 24.9 Å². The predicted octanol–water partition coefficient (Wildman–Crippen LogP) is 2.33. The number of methoxy groups -OCH3 is 1. The summed E-state index contributed by atoms with van der Waals surface area (Å²) in [6.45, 7) is 0.128. The minimum absolute atomic E-state index is 0.128. The molecule has 25 heavy (non-hydrogen) atoms. The first-order valence-corrected chi connectivity index (χ1v) is 9.26. The van der Waals surface area contributed by atoms with Gasteiger partial charge in [0.05, 0.1) is 19.9 Å². The van der Waals surface area contributed by atoms with Gasteiger partial charge >= 0.3 is 0 Å². The molecule has 1 N–H and O–H groups in total. The standard InChI is InChI=1S/C17H20N2O5S/c1-19(25(3,21)22)12-16-8-7-14(24-16)9-10-17(20)18-13-5-4-6-15(11-13)23-2/h4-11H,12H2,1-3H3,(H,18,20)/b10-9+. The molecule has 0 aliphatic carbocycles. The number of hydrogen-bond donors (Lipinski definition) is 1. The van der Waals surface area contributed by atoms with Crippen LogP contribution in [0.25, 0.3) is 6.08 Å². The summed E-state index contributed by atoms with van der Waals surface area (Å²) in [6.07, 6.45) is 3.97.